The van der Waals surface area contributed by atoms with Crippen LogP contribution in [0.4, 0.5) is 0 Å². The summed E-state index contributed by atoms with van der Waals surface area (Å²) < 4.78 is 11.1. The highest BCUT2D eigenvalue weighted by molar-refractivity contribution is 5.79. The number of aromatic nitrogens is 2. The molecule has 150 valence electrons. The van der Waals surface area contributed by atoms with Crippen molar-refractivity contribution in [2.45, 2.75) is 45.3 Å². The summed E-state index contributed by atoms with van der Waals surface area (Å²) in [5, 5.41) is 4.18. The van der Waals surface area contributed by atoms with Gasteiger partial charge in [0.2, 0.25) is 11.8 Å². The number of aryl methyl sites for hydroxylation is 1. The summed E-state index contributed by atoms with van der Waals surface area (Å²) in [6.07, 6.45) is 5.26. The Balaban J connectivity index is 1.40. The molecule has 2 heterocycles. The summed E-state index contributed by atoms with van der Waals surface area (Å²) in [4.78, 5) is 9.41. The van der Waals surface area contributed by atoms with Crippen molar-refractivity contribution in [3.05, 3.63) is 54.1 Å². The third kappa shape index (κ3) is 4.65. The highest BCUT2D eigenvalue weighted by Crippen LogP contribution is 2.29. The van der Waals surface area contributed by atoms with Crippen molar-refractivity contribution in [1.82, 2.24) is 15.4 Å². The van der Waals surface area contributed by atoms with Crippen LogP contribution in [0.1, 0.15) is 38.2 Å². The van der Waals surface area contributed by atoms with Gasteiger partial charge in [-0.15, -0.1) is 5.10 Å². The number of hydrazone groups is 1. The first-order valence-corrected chi connectivity index (χ1v) is 10.1. The van der Waals surface area contributed by atoms with Gasteiger partial charge in [0.25, 0.3) is 0 Å². The number of hydrogen-bond acceptors (Lipinski definition) is 6. The zero-order chi connectivity index (χ0) is 20.1. The zero-order valence-corrected chi connectivity index (χ0v) is 16.9. The fourth-order valence-corrected chi connectivity index (χ4v) is 3.50. The Morgan fingerprint density at radius 3 is 2.52 bits per heavy atom. The maximum Gasteiger partial charge on any atom is 0.240 e. The minimum atomic E-state index is 0.00272. The van der Waals surface area contributed by atoms with E-state index in [4.69, 9.17) is 14.5 Å². The Hall–Kier alpha value is -3.15. The first-order chi connectivity index (χ1) is 14.2. The molecule has 0 bridgehead atoms. The highest BCUT2D eigenvalue weighted by atomic mass is 16.5. The van der Waals surface area contributed by atoms with Gasteiger partial charge in [-0.1, -0.05) is 36.8 Å². The summed E-state index contributed by atoms with van der Waals surface area (Å²) in [6, 6.07) is 16.4. The smallest absolute Gasteiger partial charge is 0.240 e. The van der Waals surface area contributed by atoms with Gasteiger partial charge in [0.05, 0.1) is 18.1 Å². The number of unbranched alkanes of at least 4 members (excludes halogenated alkanes) is 2. The van der Waals surface area contributed by atoms with Gasteiger partial charge in [-0.25, -0.2) is 9.97 Å². The van der Waals surface area contributed by atoms with Crippen molar-refractivity contribution >= 4 is 16.9 Å². The first-order valence-electron chi connectivity index (χ1n) is 10.1. The highest BCUT2D eigenvalue weighted by Gasteiger charge is 2.14. The lowest BCUT2D eigenvalue weighted by Gasteiger charge is -2.10. The molecule has 0 fully saturated rings. The molecule has 1 aromatic heterocycles. The van der Waals surface area contributed by atoms with Crippen LogP contribution in [0, 0.1) is 0 Å². The maximum absolute atomic E-state index is 5.56. The van der Waals surface area contributed by atoms with Crippen molar-refractivity contribution in [3.8, 4) is 17.1 Å². The number of benzene rings is 2. The van der Waals surface area contributed by atoms with Crippen molar-refractivity contribution in [1.29, 1.82) is 0 Å². The summed E-state index contributed by atoms with van der Waals surface area (Å²) in [5.41, 5.74) is 7.74. The molecule has 0 saturated heterocycles. The first kappa shape index (κ1) is 19.2. The summed E-state index contributed by atoms with van der Waals surface area (Å²) in [7, 11) is 1.64. The van der Waals surface area contributed by atoms with Gasteiger partial charge >= 0.3 is 0 Å². The van der Waals surface area contributed by atoms with E-state index in [-0.39, 0.29) is 6.23 Å². The van der Waals surface area contributed by atoms with E-state index < -0.39 is 0 Å². The third-order valence-electron chi connectivity index (χ3n) is 4.97. The maximum atomic E-state index is 5.56. The van der Waals surface area contributed by atoms with Crippen LogP contribution < -0.4 is 10.2 Å². The van der Waals surface area contributed by atoms with Gasteiger partial charge < -0.3 is 9.47 Å². The minimum absolute atomic E-state index is 0.00272. The second-order valence-corrected chi connectivity index (χ2v) is 7.23. The lowest BCUT2D eigenvalue weighted by Crippen LogP contribution is -2.16. The Morgan fingerprint density at radius 1 is 0.966 bits per heavy atom. The van der Waals surface area contributed by atoms with Crippen LogP contribution in [-0.4, -0.2) is 29.2 Å². The number of hydrogen-bond donors (Lipinski definition) is 1. The van der Waals surface area contributed by atoms with Gasteiger partial charge in [0.15, 0.2) is 6.23 Å². The van der Waals surface area contributed by atoms with E-state index in [0.717, 1.165) is 60.3 Å². The molecule has 0 radical (unpaired) electrons. The van der Waals surface area contributed by atoms with E-state index in [1.165, 1.54) is 5.56 Å². The summed E-state index contributed by atoms with van der Waals surface area (Å²) in [5.74, 6) is 1.38. The average Bonchev–Trinajstić information content (AvgIpc) is 3.17. The van der Waals surface area contributed by atoms with Gasteiger partial charge in [0, 0.05) is 12.0 Å². The molecule has 6 heteroatoms. The number of para-hydroxylation sites is 2. The van der Waals surface area contributed by atoms with Crippen molar-refractivity contribution in [3.63, 3.8) is 0 Å². The number of methoxy groups -OCH3 is 1. The van der Waals surface area contributed by atoms with Gasteiger partial charge in [-0.3, -0.25) is 5.43 Å². The molecule has 0 spiro atoms. The van der Waals surface area contributed by atoms with Crippen LogP contribution in [0.5, 0.6) is 5.88 Å². The van der Waals surface area contributed by atoms with E-state index in [1.807, 2.05) is 31.2 Å². The van der Waals surface area contributed by atoms with Crippen LogP contribution in [-0.2, 0) is 11.2 Å². The molecule has 1 atom stereocenters. The Labute approximate surface area is 171 Å². The van der Waals surface area contributed by atoms with E-state index in [0.29, 0.717) is 5.88 Å². The number of nitrogens with one attached hydrogen (secondary N) is 1. The van der Waals surface area contributed by atoms with Crippen molar-refractivity contribution < 1.29 is 9.47 Å². The zero-order valence-electron chi connectivity index (χ0n) is 16.9. The molecule has 29 heavy (non-hydrogen) atoms. The molecule has 4 rings (SSSR count). The fourth-order valence-electron chi connectivity index (χ4n) is 3.50. The van der Waals surface area contributed by atoms with Gasteiger partial charge in [-0.2, -0.15) is 0 Å². The van der Waals surface area contributed by atoms with E-state index in [9.17, 15) is 0 Å². The second-order valence-electron chi connectivity index (χ2n) is 7.23. The molecular weight excluding hydrogens is 364 g/mol. The van der Waals surface area contributed by atoms with Crippen LogP contribution in [0.15, 0.2) is 53.6 Å². The third-order valence-corrected chi connectivity index (χ3v) is 4.97. The molecule has 2 aromatic carbocycles. The van der Waals surface area contributed by atoms with Crippen LogP contribution >= 0.6 is 0 Å². The van der Waals surface area contributed by atoms with Crippen molar-refractivity contribution in [2.75, 3.05) is 7.11 Å². The monoisotopic (exact) mass is 390 g/mol. The van der Waals surface area contributed by atoms with Gasteiger partial charge in [0.1, 0.15) is 5.69 Å². The molecule has 1 N–H and O–H groups in total. The number of fused-ring (bicyclic) bond motifs is 1. The Bertz CT molecular complexity index is 1020. The topological polar surface area (TPSA) is 68.6 Å². The molecular formula is C23H26N4O2. The van der Waals surface area contributed by atoms with E-state index in [1.54, 1.807) is 7.11 Å². The second kappa shape index (κ2) is 8.90. The molecule has 1 unspecified atom stereocenters. The van der Waals surface area contributed by atoms with E-state index >= 15 is 0 Å². The van der Waals surface area contributed by atoms with Crippen molar-refractivity contribution in [2.24, 2.45) is 5.10 Å². The molecule has 3 aromatic rings. The number of rotatable bonds is 8. The van der Waals surface area contributed by atoms with Crippen LogP contribution in [0.2, 0.25) is 0 Å². The number of nitrogens with zero attached hydrogens (tertiary/aromatic N) is 3. The minimum Gasteiger partial charge on any atom is -0.479 e. The van der Waals surface area contributed by atoms with Gasteiger partial charge in [-0.05, 0) is 49.9 Å². The summed E-state index contributed by atoms with van der Waals surface area (Å²) in [6.45, 7) is 1.96. The molecule has 1 aliphatic rings. The van der Waals surface area contributed by atoms with Crippen LogP contribution in [0.3, 0.4) is 0 Å². The number of ether oxygens (including phenoxy) is 2. The largest absolute Gasteiger partial charge is 0.479 e. The Kier molecular flexibility index (Phi) is 5.89. The molecule has 1 aliphatic heterocycles. The quantitative estimate of drug-likeness (QED) is 0.565. The molecule has 0 saturated carbocycles. The SMILES string of the molecule is COc1nc2ccccc2nc1-c1cccc(CCCCCC2=NNC(C)O2)c1. The van der Waals surface area contributed by atoms with E-state index in [2.05, 4.69) is 39.8 Å². The average molecular weight is 390 g/mol. The summed E-state index contributed by atoms with van der Waals surface area (Å²) >= 11 is 0. The molecule has 6 nitrogen and oxygen atoms in total. The lowest BCUT2D eigenvalue weighted by atomic mass is 10.0. The predicted octanol–water partition coefficient (Wildman–Crippen LogP) is 4.69. The normalized spacial score (nSPS) is 15.7. The Morgan fingerprint density at radius 2 is 1.76 bits per heavy atom. The molecule has 0 amide bonds. The lowest BCUT2D eigenvalue weighted by molar-refractivity contribution is 0.203. The standard InChI is InChI=1S/C23H26N4O2/c1-16-26-27-21(29-16)14-5-3-4-9-17-10-8-11-18(15-17)22-23(28-2)25-20-13-7-6-12-19(20)24-22/h6-8,10-13,15-16,26H,3-5,9,14H2,1-2H3. The van der Waals surface area contributed by atoms with Crippen LogP contribution in [0.25, 0.3) is 22.3 Å². The fraction of sp³-hybridized carbons (Fsp3) is 0.348. The predicted molar refractivity (Wildman–Crippen MR) is 115 cm³/mol. The molecule has 0 aliphatic carbocycles.